The topological polar surface area (TPSA) is 102 Å². The number of esters is 2. The summed E-state index contributed by atoms with van der Waals surface area (Å²) in [7, 11) is 5.40. The normalized spacial score (nSPS) is 13.1. The van der Waals surface area contributed by atoms with Gasteiger partial charge in [0, 0.05) is 19.3 Å². The Morgan fingerprint density at radius 2 is 0.909 bits per heavy atom. The van der Waals surface area contributed by atoms with Gasteiger partial charge in [-0.1, -0.05) is 147 Å². The lowest BCUT2D eigenvalue weighted by molar-refractivity contribution is -0.889. The first-order chi connectivity index (χ1) is 26.6. The highest BCUT2D eigenvalue weighted by Gasteiger charge is 2.25. The highest BCUT2D eigenvalue weighted by molar-refractivity contribution is 5.70. The predicted molar refractivity (Wildman–Crippen MR) is 227 cm³/mol. The number of ether oxygens (including phenoxy) is 3. The Balaban J connectivity index is 4.27. The van der Waals surface area contributed by atoms with E-state index in [4.69, 9.17) is 14.2 Å². The van der Waals surface area contributed by atoms with Crippen LogP contribution in [0.2, 0.25) is 0 Å². The summed E-state index contributed by atoms with van der Waals surface area (Å²) in [5.74, 6) is -1.75. The Morgan fingerprint density at radius 3 is 1.35 bits per heavy atom. The summed E-state index contributed by atoms with van der Waals surface area (Å²) in [6.07, 6.45) is 42.0. The fourth-order valence-corrected chi connectivity index (χ4v) is 6.71. The highest BCUT2D eigenvalue weighted by atomic mass is 16.6. The molecular formula is C47H87NO7. The molecule has 0 saturated carbocycles. The summed E-state index contributed by atoms with van der Waals surface area (Å²) in [5, 5.41) is 11.6. The van der Waals surface area contributed by atoms with Crippen molar-refractivity contribution >= 4 is 17.9 Å². The fraction of sp³-hybridized carbons (Fsp3) is 0.851. The Bertz CT molecular complexity index is 957. The van der Waals surface area contributed by atoms with Crippen LogP contribution in [0.5, 0.6) is 0 Å². The zero-order chi connectivity index (χ0) is 40.7. The standard InChI is InChI=1S/C47H87NO7/c1-6-8-10-12-14-16-18-20-21-22-23-24-25-26-28-29-31-33-35-37-45(49)54-42-43(41-53-40-39-44(47(51)52)48(3,4)5)55-46(50)38-36-34-32-30-27-19-17-15-13-11-9-7-2/h15,17,22-23,43-44H,6-14,16,18-21,24-42H2,1-5H3/b17-15+,23-22+. The highest BCUT2D eigenvalue weighted by Crippen LogP contribution is 2.14. The molecule has 0 bridgehead atoms. The number of hydrogen-bond donors (Lipinski definition) is 0. The van der Waals surface area contributed by atoms with E-state index in [1.165, 1.54) is 122 Å². The van der Waals surface area contributed by atoms with Gasteiger partial charge in [0.25, 0.3) is 0 Å². The Morgan fingerprint density at radius 1 is 0.527 bits per heavy atom. The summed E-state index contributed by atoms with van der Waals surface area (Å²) in [6, 6.07) is -0.725. The lowest BCUT2D eigenvalue weighted by Crippen LogP contribution is -2.55. The molecule has 0 rings (SSSR count). The quantitative estimate of drug-likeness (QED) is 0.0264. The number of hydrogen-bond acceptors (Lipinski definition) is 7. The molecule has 0 aromatic carbocycles. The van der Waals surface area contributed by atoms with Gasteiger partial charge in [-0.25, -0.2) is 0 Å². The summed E-state index contributed by atoms with van der Waals surface area (Å²) >= 11 is 0. The van der Waals surface area contributed by atoms with E-state index < -0.39 is 18.1 Å². The van der Waals surface area contributed by atoms with Crippen molar-refractivity contribution in [2.24, 2.45) is 0 Å². The SMILES string of the molecule is CCCCC/C=C/CCCCCCCC(=O)OC(COCCC(C(=O)[O-])[N+](C)(C)C)COC(=O)CCCCCCCCC/C=C/CCCCCCCCCC. The third-order valence-electron chi connectivity index (χ3n) is 10.3. The second kappa shape index (κ2) is 38.7. The van der Waals surface area contributed by atoms with Gasteiger partial charge in [0.2, 0.25) is 0 Å². The first-order valence-corrected chi connectivity index (χ1v) is 22.9. The third-order valence-corrected chi connectivity index (χ3v) is 10.3. The van der Waals surface area contributed by atoms with Crippen LogP contribution in [0, 0.1) is 0 Å². The fourth-order valence-electron chi connectivity index (χ4n) is 6.71. The molecule has 8 nitrogen and oxygen atoms in total. The summed E-state index contributed by atoms with van der Waals surface area (Å²) in [6.45, 7) is 4.64. The van der Waals surface area contributed by atoms with Gasteiger partial charge in [0.15, 0.2) is 6.10 Å². The maximum atomic E-state index is 12.7. The van der Waals surface area contributed by atoms with Crippen LogP contribution in [0.3, 0.4) is 0 Å². The van der Waals surface area contributed by atoms with Gasteiger partial charge in [-0.2, -0.15) is 0 Å². The van der Waals surface area contributed by atoms with Crippen LogP contribution < -0.4 is 5.11 Å². The molecule has 0 heterocycles. The van der Waals surface area contributed by atoms with Gasteiger partial charge < -0.3 is 28.6 Å². The average Bonchev–Trinajstić information content (AvgIpc) is 3.14. The molecular weight excluding hydrogens is 691 g/mol. The number of rotatable bonds is 41. The number of nitrogens with zero attached hydrogens (tertiary/aromatic N) is 1. The molecule has 0 aliphatic carbocycles. The molecule has 0 aromatic heterocycles. The van der Waals surface area contributed by atoms with Crippen LogP contribution in [-0.2, 0) is 28.6 Å². The molecule has 55 heavy (non-hydrogen) atoms. The van der Waals surface area contributed by atoms with Crippen LogP contribution >= 0.6 is 0 Å². The van der Waals surface area contributed by atoms with Gasteiger partial charge in [-0.05, 0) is 64.2 Å². The zero-order valence-electron chi connectivity index (χ0n) is 36.6. The van der Waals surface area contributed by atoms with E-state index in [9.17, 15) is 19.5 Å². The molecule has 0 aliphatic rings. The second-order valence-electron chi connectivity index (χ2n) is 16.6. The molecule has 2 unspecified atom stereocenters. The summed E-state index contributed by atoms with van der Waals surface area (Å²) < 4.78 is 17.2. The van der Waals surface area contributed by atoms with E-state index >= 15 is 0 Å². The number of likely N-dealkylation sites (N-methyl/N-ethyl adjacent to an activating group) is 1. The number of carboxylic acids is 1. The molecule has 0 aromatic rings. The lowest BCUT2D eigenvalue weighted by atomic mass is 10.1. The van der Waals surface area contributed by atoms with Crippen molar-refractivity contribution in [3.63, 3.8) is 0 Å². The maximum Gasteiger partial charge on any atom is 0.306 e. The van der Waals surface area contributed by atoms with Gasteiger partial charge in [0.1, 0.15) is 12.6 Å². The largest absolute Gasteiger partial charge is 0.544 e. The number of carbonyl (C=O) groups excluding carboxylic acids is 3. The van der Waals surface area contributed by atoms with Crippen molar-refractivity contribution in [2.75, 3.05) is 41.0 Å². The first kappa shape index (κ1) is 52.8. The van der Waals surface area contributed by atoms with E-state index in [1.54, 1.807) is 21.1 Å². The van der Waals surface area contributed by atoms with Crippen LogP contribution in [0.4, 0.5) is 0 Å². The van der Waals surface area contributed by atoms with E-state index in [0.717, 1.165) is 51.4 Å². The minimum Gasteiger partial charge on any atom is -0.544 e. The third kappa shape index (κ3) is 37.2. The van der Waals surface area contributed by atoms with E-state index in [-0.39, 0.29) is 42.7 Å². The second-order valence-corrected chi connectivity index (χ2v) is 16.6. The first-order valence-electron chi connectivity index (χ1n) is 22.9. The minimum atomic E-state index is -1.13. The van der Waals surface area contributed by atoms with Crippen molar-refractivity contribution in [1.29, 1.82) is 0 Å². The minimum absolute atomic E-state index is 0.0386. The van der Waals surface area contributed by atoms with Gasteiger partial charge in [-0.3, -0.25) is 9.59 Å². The van der Waals surface area contributed by atoms with Crippen molar-refractivity contribution in [3.8, 4) is 0 Å². The molecule has 0 N–H and O–H groups in total. The predicted octanol–water partition coefficient (Wildman–Crippen LogP) is 11.1. The molecule has 0 radical (unpaired) electrons. The molecule has 322 valence electrons. The number of carboxylic acid groups (broad SMARTS) is 1. The number of quaternary nitrogens is 1. The van der Waals surface area contributed by atoms with E-state index in [1.807, 2.05) is 0 Å². The molecule has 0 spiro atoms. The smallest absolute Gasteiger partial charge is 0.306 e. The molecule has 0 amide bonds. The van der Waals surface area contributed by atoms with Gasteiger partial charge in [-0.15, -0.1) is 0 Å². The van der Waals surface area contributed by atoms with Crippen molar-refractivity contribution in [3.05, 3.63) is 24.3 Å². The number of unbranched alkanes of at least 4 members (excludes halogenated alkanes) is 23. The van der Waals surface area contributed by atoms with Crippen LogP contribution in [0.25, 0.3) is 0 Å². The van der Waals surface area contributed by atoms with Crippen LogP contribution in [-0.4, -0.2) is 75.5 Å². The monoisotopic (exact) mass is 778 g/mol. The molecule has 0 saturated heterocycles. The van der Waals surface area contributed by atoms with Crippen molar-refractivity contribution in [2.45, 2.75) is 219 Å². The van der Waals surface area contributed by atoms with Crippen LogP contribution in [0.15, 0.2) is 24.3 Å². The number of carbonyl (C=O) groups is 3. The Kier molecular flexibility index (Phi) is 37.1. The molecule has 2 atom stereocenters. The summed E-state index contributed by atoms with van der Waals surface area (Å²) in [5.41, 5.74) is 0. The van der Waals surface area contributed by atoms with Crippen molar-refractivity contribution < 1.29 is 38.2 Å². The molecule has 8 heteroatoms. The zero-order valence-corrected chi connectivity index (χ0v) is 36.6. The number of aliphatic carboxylic acids is 1. The number of allylic oxidation sites excluding steroid dienone is 4. The van der Waals surface area contributed by atoms with Crippen molar-refractivity contribution in [1.82, 2.24) is 0 Å². The van der Waals surface area contributed by atoms with E-state index in [0.29, 0.717) is 12.8 Å². The van der Waals surface area contributed by atoms with Gasteiger partial charge in [0.05, 0.1) is 40.3 Å². The maximum absolute atomic E-state index is 12.7. The lowest BCUT2D eigenvalue weighted by Gasteiger charge is -2.34. The summed E-state index contributed by atoms with van der Waals surface area (Å²) in [4.78, 5) is 36.8. The molecule has 0 aliphatic heterocycles. The molecule has 0 fully saturated rings. The Hall–Kier alpha value is -2.19. The van der Waals surface area contributed by atoms with Gasteiger partial charge >= 0.3 is 11.9 Å². The van der Waals surface area contributed by atoms with E-state index in [2.05, 4.69) is 38.2 Å². The average molecular weight is 778 g/mol. The Labute approximate surface area is 339 Å². The van der Waals surface area contributed by atoms with Crippen LogP contribution in [0.1, 0.15) is 206 Å².